The Balaban J connectivity index is 2.11. The zero-order valence-corrected chi connectivity index (χ0v) is 10.8. The second-order valence-electron chi connectivity index (χ2n) is 4.69. The van der Waals surface area contributed by atoms with Gasteiger partial charge in [0.25, 0.3) is 0 Å². The highest BCUT2D eigenvalue weighted by Gasteiger charge is 2.41. The summed E-state index contributed by atoms with van der Waals surface area (Å²) in [6.45, 7) is 5.62. The van der Waals surface area contributed by atoms with Crippen molar-refractivity contribution in [1.82, 2.24) is 0 Å². The standard InChI is InChI=1S/C15H16O4/c1-3-11-5-7-12(8-6-11)13(16)19-15(2)9-4-10-18-14(15)17/h3,5-8H,1,4,9-10H2,2H3. The molecule has 1 aromatic carbocycles. The lowest BCUT2D eigenvalue weighted by atomic mass is 9.98. The summed E-state index contributed by atoms with van der Waals surface area (Å²) < 4.78 is 10.2. The molecule has 0 radical (unpaired) electrons. The molecule has 0 amide bonds. The Bertz CT molecular complexity index is 503. The molecule has 1 atom stereocenters. The molecule has 1 aliphatic rings. The van der Waals surface area contributed by atoms with Crippen molar-refractivity contribution in [2.24, 2.45) is 0 Å². The lowest BCUT2D eigenvalue weighted by Gasteiger charge is -2.30. The van der Waals surface area contributed by atoms with E-state index >= 15 is 0 Å². The monoisotopic (exact) mass is 260 g/mol. The highest BCUT2D eigenvalue weighted by molar-refractivity contribution is 5.92. The average Bonchev–Trinajstić information content (AvgIpc) is 2.42. The zero-order chi connectivity index (χ0) is 13.9. The first-order chi connectivity index (χ1) is 9.05. The van der Waals surface area contributed by atoms with Gasteiger partial charge in [0.2, 0.25) is 5.60 Å². The van der Waals surface area contributed by atoms with E-state index in [1.807, 2.05) is 0 Å². The van der Waals surface area contributed by atoms with Crippen LogP contribution in [0.25, 0.3) is 6.08 Å². The number of hydrogen-bond donors (Lipinski definition) is 0. The maximum atomic E-state index is 12.0. The summed E-state index contributed by atoms with van der Waals surface area (Å²) in [5, 5.41) is 0. The largest absolute Gasteiger partial charge is 0.463 e. The van der Waals surface area contributed by atoms with Crippen molar-refractivity contribution in [3.05, 3.63) is 42.0 Å². The quantitative estimate of drug-likeness (QED) is 0.784. The maximum absolute atomic E-state index is 12.0. The lowest BCUT2D eigenvalue weighted by Crippen LogP contribution is -2.45. The lowest BCUT2D eigenvalue weighted by molar-refractivity contribution is -0.171. The number of carbonyl (C=O) groups is 2. The van der Waals surface area contributed by atoms with Crippen LogP contribution in [0.4, 0.5) is 0 Å². The fraction of sp³-hybridized carbons (Fsp3) is 0.333. The van der Waals surface area contributed by atoms with Crippen LogP contribution in [-0.2, 0) is 14.3 Å². The van der Waals surface area contributed by atoms with Crippen LogP contribution in [0.1, 0.15) is 35.7 Å². The summed E-state index contributed by atoms with van der Waals surface area (Å²) in [4.78, 5) is 23.7. The summed E-state index contributed by atoms with van der Waals surface area (Å²) in [6.07, 6.45) is 2.88. The molecule has 19 heavy (non-hydrogen) atoms. The number of rotatable bonds is 3. The van der Waals surface area contributed by atoms with Crippen molar-refractivity contribution >= 4 is 18.0 Å². The van der Waals surface area contributed by atoms with Crippen molar-refractivity contribution in [2.45, 2.75) is 25.4 Å². The van der Waals surface area contributed by atoms with Crippen molar-refractivity contribution in [3.8, 4) is 0 Å². The van der Waals surface area contributed by atoms with Crippen LogP contribution < -0.4 is 0 Å². The Morgan fingerprint density at radius 2 is 2.11 bits per heavy atom. The molecule has 4 heteroatoms. The number of benzene rings is 1. The van der Waals surface area contributed by atoms with E-state index in [-0.39, 0.29) is 0 Å². The number of cyclic esters (lactones) is 1. The molecular weight excluding hydrogens is 244 g/mol. The summed E-state index contributed by atoms with van der Waals surface area (Å²) in [5.74, 6) is -0.994. The smallest absolute Gasteiger partial charge is 0.350 e. The molecule has 0 aliphatic carbocycles. The van der Waals surface area contributed by atoms with Crippen LogP contribution in [0.2, 0.25) is 0 Å². The van der Waals surface area contributed by atoms with Crippen molar-refractivity contribution in [3.63, 3.8) is 0 Å². The summed E-state index contributed by atoms with van der Waals surface area (Å²) in [7, 11) is 0. The van der Waals surface area contributed by atoms with E-state index in [1.165, 1.54) is 0 Å². The van der Waals surface area contributed by atoms with E-state index < -0.39 is 17.5 Å². The Kier molecular flexibility index (Phi) is 3.69. The van der Waals surface area contributed by atoms with Gasteiger partial charge in [-0.2, -0.15) is 0 Å². The number of esters is 2. The van der Waals surface area contributed by atoms with Crippen molar-refractivity contribution < 1.29 is 19.1 Å². The molecule has 1 aliphatic heterocycles. The topological polar surface area (TPSA) is 52.6 Å². The molecule has 1 fully saturated rings. The maximum Gasteiger partial charge on any atom is 0.350 e. The molecule has 4 nitrogen and oxygen atoms in total. The van der Waals surface area contributed by atoms with Gasteiger partial charge in [-0.15, -0.1) is 0 Å². The van der Waals surface area contributed by atoms with E-state index in [0.717, 1.165) is 5.56 Å². The predicted molar refractivity (Wildman–Crippen MR) is 70.5 cm³/mol. The van der Waals surface area contributed by atoms with Crippen LogP contribution >= 0.6 is 0 Å². The van der Waals surface area contributed by atoms with Crippen molar-refractivity contribution in [2.75, 3.05) is 6.61 Å². The second-order valence-corrected chi connectivity index (χ2v) is 4.69. The van der Waals surface area contributed by atoms with E-state index in [1.54, 1.807) is 37.3 Å². The highest BCUT2D eigenvalue weighted by Crippen LogP contribution is 2.25. The van der Waals surface area contributed by atoms with Gasteiger partial charge in [0.15, 0.2) is 0 Å². The molecule has 0 bridgehead atoms. The number of carbonyl (C=O) groups excluding carboxylic acids is 2. The Morgan fingerprint density at radius 1 is 1.42 bits per heavy atom. The van der Waals surface area contributed by atoms with Gasteiger partial charge in [0, 0.05) is 6.42 Å². The molecule has 0 aromatic heterocycles. The average molecular weight is 260 g/mol. The van der Waals surface area contributed by atoms with E-state index in [0.29, 0.717) is 25.0 Å². The molecule has 2 rings (SSSR count). The number of hydrogen-bond acceptors (Lipinski definition) is 4. The fourth-order valence-electron chi connectivity index (χ4n) is 1.94. The SMILES string of the molecule is C=Cc1ccc(C(=O)OC2(C)CCCOC2=O)cc1. The molecule has 1 heterocycles. The Hall–Kier alpha value is -2.10. The molecular formula is C15H16O4. The first kappa shape index (κ1) is 13.3. The minimum atomic E-state index is -1.17. The molecule has 0 saturated carbocycles. The van der Waals surface area contributed by atoms with Crippen LogP contribution in [-0.4, -0.2) is 24.1 Å². The Morgan fingerprint density at radius 3 is 2.68 bits per heavy atom. The molecule has 1 unspecified atom stereocenters. The normalized spacial score (nSPS) is 22.5. The van der Waals surface area contributed by atoms with Gasteiger partial charge in [-0.25, -0.2) is 9.59 Å². The van der Waals surface area contributed by atoms with Crippen LogP contribution in [0, 0.1) is 0 Å². The third kappa shape index (κ3) is 2.84. The Labute approximate surface area is 112 Å². The molecule has 1 aromatic rings. The van der Waals surface area contributed by atoms with E-state index in [4.69, 9.17) is 9.47 Å². The van der Waals surface area contributed by atoms with Crippen LogP contribution in [0.15, 0.2) is 30.8 Å². The zero-order valence-electron chi connectivity index (χ0n) is 10.8. The minimum Gasteiger partial charge on any atom is -0.463 e. The molecule has 0 spiro atoms. The van der Waals surface area contributed by atoms with Crippen molar-refractivity contribution in [1.29, 1.82) is 0 Å². The molecule has 100 valence electrons. The van der Waals surface area contributed by atoms with Crippen LogP contribution in [0.5, 0.6) is 0 Å². The second kappa shape index (κ2) is 5.26. The van der Waals surface area contributed by atoms with E-state index in [9.17, 15) is 9.59 Å². The summed E-state index contributed by atoms with van der Waals surface area (Å²) in [6, 6.07) is 6.84. The third-order valence-electron chi connectivity index (χ3n) is 3.16. The van der Waals surface area contributed by atoms with Crippen LogP contribution in [0.3, 0.4) is 0 Å². The van der Waals surface area contributed by atoms with Gasteiger partial charge in [0.05, 0.1) is 12.2 Å². The van der Waals surface area contributed by atoms with Gasteiger partial charge in [-0.3, -0.25) is 0 Å². The van der Waals surface area contributed by atoms with E-state index in [2.05, 4.69) is 6.58 Å². The molecule has 1 saturated heterocycles. The third-order valence-corrected chi connectivity index (χ3v) is 3.16. The molecule has 0 N–H and O–H groups in total. The van der Waals surface area contributed by atoms with Gasteiger partial charge in [-0.05, 0) is 31.0 Å². The van der Waals surface area contributed by atoms with Gasteiger partial charge in [-0.1, -0.05) is 24.8 Å². The van der Waals surface area contributed by atoms with Gasteiger partial charge >= 0.3 is 11.9 Å². The van der Waals surface area contributed by atoms with Gasteiger partial charge < -0.3 is 9.47 Å². The summed E-state index contributed by atoms with van der Waals surface area (Å²) >= 11 is 0. The predicted octanol–water partition coefficient (Wildman–Crippen LogP) is 2.58. The summed E-state index contributed by atoms with van der Waals surface area (Å²) in [5.41, 5.74) is 0.150. The first-order valence-corrected chi connectivity index (χ1v) is 6.18. The van der Waals surface area contributed by atoms with Gasteiger partial charge in [0.1, 0.15) is 0 Å². The highest BCUT2D eigenvalue weighted by atomic mass is 16.6. The fourth-order valence-corrected chi connectivity index (χ4v) is 1.94. The first-order valence-electron chi connectivity index (χ1n) is 6.18. The minimum absolute atomic E-state index is 0.389. The number of ether oxygens (including phenoxy) is 2.